The maximum absolute atomic E-state index is 12.5. The number of amides is 2. The third-order valence-electron chi connectivity index (χ3n) is 4.33. The number of anilines is 3. The molecule has 1 heterocycles. The topological polar surface area (TPSA) is 79.5 Å². The summed E-state index contributed by atoms with van der Waals surface area (Å²) in [5, 5.41) is 8.89. The molecular weight excluding hydrogens is 330 g/mol. The first kappa shape index (κ1) is 17.8. The van der Waals surface area contributed by atoms with Crippen LogP contribution in [0.5, 0.6) is 5.75 Å². The van der Waals surface area contributed by atoms with Gasteiger partial charge in [0, 0.05) is 11.4 Å². The second-order valence-corrected chi connectivity index (χ2v) is 6.63. The van der Waals surface area contributed by atoms with Crippen LogP contribution in [0.4, 0.5) is 17.1 Å². The molecule has 0 saturated carbocycles. The molecule has 1 aliphatic rings. The van der Waals surface area contributed by atoms with Crippen molar-refractivity contribution in [2.75, 3.05) is 16.0 Å². The number of benzene rings is 2. The summed E-state index contributed by atoms with van der Waals surface area (Å²) in [5.74, 6) is 0.300. The minimum absolute atomic E-state index is 0.136. The first-order valence-electron chi connectivity index (χ1n) is 8.59. The number of fused-ring (bicyclic) bond motifs is 1. The second-order valence-electron chi connectivity index (χ2n) is 6.63. The fraction of sp³-hybridized carbons (Fsp3) is 0.300. The Labute approximate surface area is 152 Å². The molecular formula is C20H23N3O3. The molecule has 6 heteroatoms. The van der Waals surface area contributed by atoms with E-state index in [9.17, 15) is 9.59 Å². The lowest BCUT2D eigenvalue weighted by atomic mass is 10.1. The Morgan fingerprint density at radius 3 is 2.69 bits per heavy atom. The molecule has 26 heavy (non-hydrogen) atoms. The van der Waals surface area contributed by atoms with E-state index in [0.717, 1.165) is 22.5 Å². The van der Waals surface area contributed by atoms with Crippen LogP contribution >= 0.6 is 0 Å². The van der Waals surface area contributed by atoms with Crippen LogP contribution in [0.15, 0.2) is 36.4 Å². The zero-order valence-corrected chi connectivity index (χ0v) is 15.3. The van der Waals surface area contributed by atoms with Crippen molar-refractivity contribution in [3.8, 4) is 5.75 Å². The normalized spacial score (nSPS) is 16.8. The van der Waals surface area contributed by atoms with Gasteiger partial charge in [-0.25, -0.2) is 0 Å². The van der Waals surface area contributed by atoms with Crippen molar-refractivity contribution in [2.24, 2.45) is 0 Å². The summed E-state index contributed by atoms with van der Waals surface area (Å²) in [4.78, 5) is 24.2. The molecule has 3 N–H and O–H groups in total. The average Bonchev–Trinajstić information content (AvgIpc) is 2.58. The highest BCUT2D eigenvalue weighted by Gasteiger charge is 2.24. The molecule has 6 nitrogen and oxygen atoms in total. The first-order valence-corrected chi connectivity index (χ1v) is 8.59. The number of carbonyl (C=O) groups excluding carboxylic acids is 2. The smallest absolute Gasteiger partial charge is 0.265 e. The van der Waals surface area contributed by atoms with Gasteiger partial charge in [-0.05, 0) is 57.5 Å². The SMILES string of the molecule is Cc1ccc(NC(=O)C(C)Nc2ccc3c(c2)NC(=O)C(C)O3)c(C)c1. The van der Waals surface area contributed by atoms with Crippen molar-refractivity contribution in [1.82, 2.24) is 0 Å². The highest BCUT2D eigenvalue weighted by atomic mass is 16.5. The summed E-state index contributed by atoms with van der Waals surface area (Å²) in [6, 6.07) is 10.8. The Bertz CT molecular complexity index is 863. The lowest BCUT2D eigenvalue weighted by Crippen LogP contribution is -2.34. The molecule has 0 radical (unpaired) electrons. The molecule has 0 spiro atoms. The van der Waals surface area contributed by atoms with Crippen molar-refractivity contribution >= 4 is 28.9 Å². The molecule has 2 amide bonds. The van der Waals surface area contributed by atoms with Crippen LogP contribution in [0.2, 0.25) is 0 Å². The number of hydrogen-bond donors (Lipinski definition) is 3. The number of ether oxygens (including phenoxy) is 1. The Hall–Kier alpha value is -3.02. The number of carbonyl (C=O) groups is 2. The molecule has 0 aromatic heterocycles. The summed E-state index contributed by atoms with van der Waals surface area (Å²) >= 11 is 0. The van der Waals surface area contributed by atoms with Crippen molar-refractivity contribution in [3.05, 3.63) is 47.5 Å². The highest BCUT2D eigenvalue weighted by molar-refractivity contribution is 5.99. The maximum atomic E-state index is 12.5. The standard InChI is InChI=1S/C20H23N3O3/c1-11-5-7-16(12(2)9-11)22-19(24)13(3)21-15-6-8-18-17(10-15)23-20(25)14(4)26-18/h5-10,13-14,21H,1-4H3,(H,22,24)(H,23,25). The van der Waals surface area contributed by atoms with Crippen molar-refractivity contribution in [3.63, 3.8) is 0 Å². The Kier molecular flexibility index (Phi) is 4.84. The van der Waals surface area contributed by atoms with Gasteiger partial charge in [0.2, 0.25) is 5.91 Å². The molecule has 0 aliphatic carbocycles. The molecule has 3 rings (SSSR count). The Morgan fingerprint density at radius 2 is 1.96 bits per heavy atom. The van der Waals surface area contributed by atoms with Crippen LogP contribution in [-0.2, 0) is 9.59 Å². The van der Waals surface area contributed by atoms with Gasteiger partial charge in [-0.2, -0.15) is 0 Å². The van der Waals surface area contributed by atoms with Crippen LogP contribution in [-0.4, -0.2) is 24.0 Å². The van der Waals surface area contributed by atoms with Gasteiger partial charge in [0.25, 0.3) is 5.91 Å². The largest absolute Gasteiger partial charge is 0.479 e. The van der Waals surface area contributed by atoms with Crippen LogP contribution in [0.25, 0.3) is 0 Å². The molecule has 2 unspecified atom stereocenters. The molecule has 2 aromatic carbocycles. The molecule has 0 bridgehead atoms. The van der Waals surface area contributed by atoms with E-state index in [2.05, 4.69) is 16.0 Å². The van der Waals surface area contributed by atoms with Crippen LogP contribution in [0, 0.1) is 13.8 Å². The van der Waals surface area contributed by atoms with E-state index in [1.165, 1.54) is 0 Å². The lowest BCUT2D eigenvalue weighted by molar-refractivity contribution is -0.122. The number of aryl methyl sites for hydroxylation is 2. The molecule has 2 aromatic rings. The number of rotatable bonds is 4. The van der Waals surface area contributed by atoms with E-state index in [4.69, 9.17) is 4.74 Å². The van der Waals surface area contributed by atoms with Gasteiger partial charge in [0.05, 0.1) is 5.69 Å². The van der Waals surface area contributed by atoms with Crippen LogP contribution in [0.3, 0.4) is 0 Å². The summed E-state index contributed by atoms with van der Waals surface area (Å²) in [5.41, 5.74) is 4.30. The van der Waals surface area contributed by atoms with Crippen LogP contribution in [0.1, 0.15) is 25.0 Å². The number of nitrogens with one attached hydrogen (secondary N) is 3. The fourth-order valence-corrected chi connectivity index (χ4v) is 2.81. The quantitative estimate of drug-likeness (QED) is 0.786. The zero-order valence-electron chi connectivity index (χ0n) is 15.3. The van der Waals surface area contributed by atoms with Gasteiger partial charge < -0.3 is 20.7 Å². The van der Waals surface area contributed by atoms with E-state index >= 15 is 0 Å². The third-order valence-corrected chi connectivity index (χ3v) is 4.33. The highest BCUT2D eigenvalue weighted by Crippen LogP contribution is 2.32. The van der Waals surface area contributed by atoms with Gasteiger partial charge in [0.1, 0.15) is 11.8 Å². The van der Waals surface area contributed by atoms with Gasteiger partial charge in [-0.1, -0.05) is 17.7 Å². The predicted octanol–water partition coefficient (Wildman–Crippen LogP) is 3.46. The molecule has 136 valence electrons. The number of hydrogen-bond acceptors (Lipinski definition) is 4. The van der Waals surface area contributed by atoms with Gasteiger partial charge in [0.15, 0.2) is 6.10 Å². The van der Waals surface area contributed by atoms with E-state index < -0.39 is 12.1 Å². The Morgan fingerprint density at radius 1 is 1.19 bits per heavy atom. The summed E-state index contributed by atoms with van der Waals surface area (Å²) < 4.78 is 5.53. The van der Waals surface area contributed by atoms with Crippen molar-refractivity contribution in [1.29, 1.82) is 0 Å². The Balaban J connectivity index is 1.68. The van der Waals surface area contributed by atoms with E-state index in [1.54, 1.807) is 26.0 Å². The summed E-state index contributed by atoms with van der Waals surface area (Å²) in [6.07, 6.45) is -0.510. The van der Waals surface area contributed by atoms with E-state index in [1.807, 2.05) is 38.1 Å². The zero-order chi connectivity index (χ0) is 18.8. The van der Waals surface area contributed by atoms with Gasteiger partial charge >= 0.3 is 0 Å². The lowest BCUT2D eigenvalue weighted by Gasteiger charge is -2.24. The summed E-state index contributed by atoms with van der Waals surface area (Å²) in [6.45, 7) is 7.47. The van der Waals surface area contributed by atoms with Gasteiger partial charge in [-0.3, -0.25) is 9.59 Å². The molecule has 2 atom stereocenters. The van der Waals surface area contributed by atoms with Crippen molar-refractivity contribution in [2.45, 2.75) is 39.8 Å². The fourth-order valence-electron chi connectivity index (χ4n) is 2.81. The van der Waals surface area contributed by atoms with Gasteiger partial charge in [-0.15, -0.1) is 0 Å². The molecule has 0 fully saturated rings. The maximum Gasteiger partial charge on any atom is 0.265 e. The minimum Gasteiger partial charge on any atom is -0.479 e. The second kappa shape index (κ2) is 7.07. The van der Waals surface area contributed by atoms with E-state index in [-0.39, 0.29) is 11.8 Å². The minimum atomic E-state index is -0.510. The first-order chi connectivity index (χ1) is 12.3. The summed E-state index contributed by atoms with van der Waals surface area (Å²) in [7, 11) is 0. The average molecular weight is 353 g/mol. The predicted molar refractivity (Wildman–Crippen MR) is 103 cm³/mol. The molecule has 1 aliphatic heterocycles. The molecule has 0 saturated heterocycles. The van der Waals surface area contributed by atoms with Crippen LogP contribution < -0.4 is 20.7 Å². The third kappa shape index (κ3) is 3.79. The van der Waals surface area contributed by atoms with E-state index in [0.29, 0.717) is 11.4 Å². The van der Waals surface area contributed by atoms with Crippen molar-refractivity contribution < 1.29 is 14.3 Å². The monoisotopic (exact) mass is 353 g/mol.